The quantitative estimate of drug-likeness (QED) is 0.117. The molecule has 0 bridgehead atoms. The Kier molecular flexibility index (Phi) is 15.0. The number of benzene rings is 3. The molecule has 54 heavy (non-hydrogen) atoms. The van der Waals surface area contributed by atoms with E-state index in [1.54, 1.807) is 6.92 Å². The summed E-state index contributed by atoms with van der Waals surface area (Å²) in [7, 11) is -1.25. The van der Waals surface area contributed by atoms with Crippen molar-refractivity contribution in [1.82, 2.24) is 15.6 Å². The van der Waals surface area contributed by atoms with Crippen molar-refractivity contribution < 1.29 is 46.1 Å². The van der Waals surface area contributed by atoms with Crippen LogP contribution in [0.5, 0.6) is 5.75 Å². The van der Waals surface area contributed by atoms with Crippen LogP contribution in [0.25, 0.3) is 0 Å². The molecule has 0 radical (unpaired) electrons. The fourth-order valence-electron chi connectivity index (χ4n) is 5.31. The van der Waals surface area contributed by atoms with E-state index in [9.17, 15) is 31.9 Å². The van der Waals surface area contributed by atoms with Crippen molar-refractivity contribution in [3.63, 3.8) is 0 Å². The molecule has 290 valence electrons. The van der Waals surface area contributed by atoms with Gasteiger partial charge in [0.1, 0.15) is 35.5 Å². The van der Waals surface area contributed by atoms with Gasteiger partial charge >= 0.3 is 0 Å². The Labute approximate surface area is 314 Å². The molecule has 4 rings (SSSR count). The summed E-state index contributed by atoms with van der Waals surface area (Å²) >= 11 is 0. The van der Waals surface area contributed by atoms with Gasteiger partial charge in [0.05, 0.1) is 42.8 Å². The van der Waals surface area contributed by atoms with Crippen LogP contribution in [0.1, 0.15) is 65.2 Å². The largest absolute Gasteiger partial charge is 0.491 e. The molecule has 1 heterocycles. The molecular weight excluding hydrogens is 723 g/mol. The molecule has 2 amide bonds. The number of amides is 2. The maximum absolute atomic E-state index is 14.0. The molecule has 4 aromatic rings. The minimum absolute atomic E-state index is 0.0564. The Morgan fingerprint density at radius 2 is 1.50 bits per heavy atom. The number of methoxy groups -OCH3 is 1. The number of sulfonamides is 1. The van der Waals surface area contributed by atoms with Gasteiger partial charge in [-0.15, -0.1) is 0 Å². The van der Waals surface area contributed by atoms with E-state index in [1.165, 1.54) is 40.1 Å². The van der Waals surface area contributed by atoms with Gasteiger partial charge in [-0.05, 0) is 44.0 Å². The number of halogens is 2. The number of rotatable bonds is 19. The molecule has 0 aliphatic rings. The zero-order valence-electron chi connectivity index (χ0n) is 30.7. The predicted molar refractivity (Wildman–Crippen MR) is 200 cm³/mol. The molecule has 12 nitrogen and oxygen atoms in total. The molecule has 3 aromatic carbocycles. The maximum Gasteiger partial charge on any atom is 0.270 e. The summed E-state index contributed by atoms with van der Waals surface area (Å²) in [6.45, 7) is 4.65. The Morgan fingerprint density at radius 1 is 0.870 bits per heavy atom. The third-order valence-corrected chi connectivity index (χ3v) is 10.7. The van der Waals surface area contributed by atoms with Crippen LogP contribution in [-0.4, -0.2) is 81.2 Å². The number of aliphatic hydroxyl groups excluding tert-OH is 1. The highest BCUT2D eigenvalue weighted by molar-refractivity contribution is 7.93. The molecule has 3 N–H and O–H groups in total. The number of pyridine rings is 1. The van der Waals surface area contributed by atoms with E-state index in [0.29, 0.717) is 6.07 Å². The number of aliphatic hydroxyl groups is 1. The minimum Gasteiger partial charge on any atom is -0.491 e. The van der Waals surface area contributed by atoms with Crippen molar-refractivity contribution in [2.45, 2.75) is 63.3 Å². The molecular formula is C39H46F2N4O8S. The summed E-state index contributed by atoms with van der Waals surface area (Å²) < 4.78 is 72.0. The summed E-state index contributed by atoms with van der Waals surface area (Å²) in [5.74, 6) is -3.67. The van der Waals surface area contributed by atoms with Gasteiger partial charge in [0.25, 0.3) is 11.8 Å². The van der Waals surface area contributed by atoms with Gasteiger partial charge in [-0.25, -0.2) is 22.2 Å². The van der Waals surface area contributed by atoms with E-state index < -0.39 is 69.6 Å². The van der Waals surface area contributed by atoms with Crippen LogP contribution in [0.3, 0.4) is 0 Å². The molecule has 15 heteroatoms. The van der Waals surface area contributed by atoms with Crippen molar-refractivity contribution in [3.05, 3.63) is 125 Å². The number of hydrogen-bond acceptors (Lipinski definition) is 9. The van der Waals surface area contributed by atoms with Crippen molar-refractivity contribution in [1.29, 1.82) is 0 Å². The van der Waals surface area contributed by atoms with Gasteiger partial charge in [0, 0.05) is 44.3 Å². The van der Waals surface area contributed by atoms with Gasteiger partial charge in [-0.2, -0.15) is 0 Å². The fraction of sp³-hybridized carbons (Fsp3) is 0.359. The Hall–Kier alpha value is -4.96. The van der Waals surface area contributed by atoms with Gasteiger partial charge < -0.3 is 30.0 Å². The van der Waals surface area contributed by atoms with Gasteiger partial charge in [-0.1, -0.05) is 60.7 Å². The highest BCUT2D eigenvalue weighted by Crippen LogP contribution is 2.22. The maximum atomic E-state index is 14.0. The monoisotopic (exact) mass is 768 g/mol. The molecule has 0 aliphatic heterocycles. The van der Waals surface area contributed by atoms with E-state index in [-0.39, 0.29) is 42.5 Å². The number of nitrogens with one attached hydrogen (secondary N) is 2. The second-order valence-corrected chi connectivity index (χ2v) is 15.4. The molecule has 0 saturated carbocycles. The summed E-state index contributed by atoms with van der Waals surface area (Å²) in [4.78, 5) is 31.8. The normalized spacial score (nSPS) is 13.8. The third kappa shape index (κ3) is 11.8. The second kappa shape index (κ2) is 19.4. The van der Waals surface area contributed by atoms with Crippen LogP contribution in [0.2, 0.25) is 0 Å². The summed E-state index contributed by atoms with van der Waals surface area (Å²) in [5, 5.41) is 16.1. The Morgan fingerprint density at radius 3 is 2.11 bits per heavy atom. The standard InChI is InChI=1S/C39H46F2N4O8S/c1-25(2)54(49,50)45(4)37-17-29(16-34(43-37)39(48)42-26(3)28-14-10-7-11-15-28)38(47)44-35(24-53-32-19-30(40)18-31(41)20-32)36(46)21-33(51-5)23-52-22-27-12-8-6-9-13-27/h6-20,25-26,33,35-36,46H,21-24H2,1-5H3,(H,42,48)(H,44,47)/t26-,33-,35+,36-/m1/s1. The van der Waals surface area contributed by atoms with E-state index in [1.807, 2.05) is 60.7 Å². The lowest BCUT2D eigenvalue weighted by atomic mass is 10.0. The van der Waals surface area contributed by atoms with Crippen molar-refractivity contribution in [2.75, 3.05) is 31.7 Å². The van der Waals surface area contributed by atoms with Gasteiger partial charge in [0.2, 0.25) is 10.0 Å². The molecule has 1 aromatic heterocycles. The average Bonchev–Trinajstić information content (AvgIpc) is 3.15. The van der Waals surface area contributed by atoms with E-state index >= 15 is 0 Å². The van der Waals surface area contributed by atoms with Crippen LogP contribution >= 0.6 is 0 Å². The number of hydrogen-bond donors (Lipinski definition) is 3. The first-order valence-corrected chi connectivity index (χ1v) is 18.8. The zero-order valence-corrected chi connectivity index (χ0v) is 31.6. The number of nitrogens with zero attached hydrogens (tertiary/aromatic N) is 2. The number of carbonyl (C=O) groups excluding carboxylic acids is 2. The van der Waals surface area contributed by atoms with Gasteiger partial charge in [0.15, 0.2) is 0 Å². The first kappa shape index (κ1) is 41.8. The number of anilines is 1. The lowest BCUT2D eigenvalue weighted by Crippen LogP contribution is -2.48. The van der Waals surface area contributed by atoms with Crippen LogP contribution < -0.4 is 19.7 Å². The lowest BCUT2D eigenvalue weighted by molar-refractivity contribution is -0.0311. The topological polar surface area (TPSA) is 156 Å². The van der Waals surface area contributed by atoms with E-state index in [0.717, 1.165) is 27.6 Å². The second-order valence-electron chi connectivity index (χ2n) is 12.9. The highest BCUT2D eigenvalue weighted by atomic mass is 32.2. The molecule has 0 spiro atoms. The summed E-state index contributed by atoms with van der Waals surface area (Å²) in [6, 6.07) is 21.8. The highest BCUT2D eigenvalue weighted by Gasteiger charge is 2.29. The number of ether oxygens (including phenoxy) is 3. The minimum atomic E-state index is -3.95. The predicted octanol–water partition coefficient (Wildman–Crippen LogP) is 5.19. The van der Waals surface area contributed by atoms with Gasteiger partial charge in [-0.3, -0.25) is 13.9 Å². The first-order chi connectivity index (χ1) is 25.7. The molecule has 0 fully saturated rings. The van der Waals surface area contributed by atoms with Crippen molar-refractivity contribution >= 4 is 27.7 Å². The fourth-order valence-corrected chi connectivity index (χ4v) is 6.30. The first-order valence-electron chi connectivity index (χ1n) is 17.3. The lowest BCUT2D eigenvalue weighted by Gasteiger charge is -2.27. The smallest absolute Gasteiger partial charge is 0.270 e. The van der Waals surface area contributed by atoms with Crippen molar-refractivity contribution in [3.8, 4) is 5.75 Å². The SMILES string of the molecule is CO[C@@H](COCc1ccccc1)C[C@@H](O)[C@H](COc1cc(F)cc(F)c1)NC(=O)c1cc(C(=O)N[C@H](C)c2ccccc2)nc(N(C)S(=O)(=O)C(C)C)c1. The Balaban J connectivity index is 1.62. The van der Waals surface area contributed by atoms with E-state index in [4.69, 9.17) is 14.2 Å². The molecule has 4 atom stereocenters. The average molecular weight is 769 g/mol. The molecule has 0 unspecified atom stereocenters. The van der Waals surface area contributed by atoms with Crippen LogP contribution in [-0.2, 0) is 26.1 Å². The summed E-state index contributed by atoms with van der Waals surface area (Å²) in [6.07, 6.45) is -2.05. The third-order valence-electron chi connectivity index (χ3n) is 8.55. The summed E-state index contributed by atoms with van der Waals surface area (Å²) in [5.41, 5.74) is 1.32. The Bertz CT molecular complexity index is 1930. The zero-order chi connectivity index (χ0) is 39.4. The van der Waals surface area contributed by atoms with Crippen LogP contribution in [0.4, 0.5) is 14.6 Å². The van der Waals surface area contributed by atoms with Crippen molar-refractivity contribution in [2.24, 2.45) is 0 Å². The number of aromatic nitrogens is 1. The molecule has 0 aliphatic carbocycles. The van der Waals surface area contributed by atoms with Crippen LogP contribution in [0, 0.1) is 11.6 Å². The van der Waals surface area contributed by atoms with E-state index in [2.05, 4.69) is 15.6 Å². The molecule has 0 saturated heterocycles. The van der Waals surface area contributed by atoms with Crippen LogP contribution in [0.15, 0.2) is 91.0 Å². The number of carbonyl (C=O) groups is 2.